The van der Waals surface area contributed by atoms with Crippen LogP contribution >= 0.6 is 11.6 Å². The van der Waals surface area contributed by atoms with E-state index in [2.05, 4.69) is 10.5 Å². The molecule has 0 bridgehead atoms. The number of carbonyl (C=O) groups excluding carboxylic acids is 1. The Balaban J connectivity index is 1.90. The van der Waals surface area contributed by atoms with Gasteiger partial charge in [-0.3, -0.25) is 4.79 Å². The number of halogens is 2. The van der Waals surface area contributed by atoms with Gasteiger partial charge in [-0.05, 0) is 25.1 Å². The fraction of sp³-hybridized carbons (Fsp3) is 0.125. The third kappa shape index (κ3) is 4.56. The average molecular weight is 321 g/mol. The lowest BCUT2D eigenvalue weighted by Gasteiger charge is -2.06. The van der Waals surface area contributed by atoms with Crippen LogP contribution in [0.15, 0.2) is 53.6 Å². The third-order valence-electron chi connectivity index (χ3n) is 2.78. The first-order chi connectivity index (χ1) is 10.6. The Morgan fingerprint density at radius 3 is 2.77 bits per heavy atom. The van der Waals surface area contributed by atoms with Gasteiger partial charge in [-0.2, -0.15) is 5.10 Å². The maximum absolute atomic E-state index is 13.0. The molecule has 0 unspecified atom stereocenters. The molecule has 0 heterocycles. The van der Waals surface area contributed by atoms with E-state index in [0.717, 1.165) is 5.56 Å². The maximum Gasteiger partial charge on any atom is 0.277 e. The van der Waals surface area contributed by atoms with Crippen LogP contribution in [0.5, 0.6) is 5.75 Å². The highest BCUT2D eigenvalue weighted by atomic mass is 35.5. The smallest absolute Gasteiger partial charge is 0.277 e. The Morgan fingerprint density at radius 1 is 1.27 bits per heavy atom. The highest BCUT2D eigenvalue weighted by Crippen LogP contribution is 2.15. The Morgan fingerprint density at radius 2 is 2.05 bits per heavy atom. The van der Waals surface area contributed by atoms with E-state index in [-0.39, 0.29) is 12.4 Å². The first-order valence-electron chi connectivity index (χ1n) is 6.52. The fourth-order valence-electron chi connectivity index (χ4n) is 1.70. The predicted octanol–water partition coefficient (Wildman–Crippen LogP) is 3.40. The van der Waals surface area contributed by atoms with Crippen LogP contribution in [0.1, 0.15) is 12.5 Å². The molecule has 0 aliphatic rings. The van der Waals surface area contributed by atoms with Crippen molar-refractivity contribution in [2.45, 2.75) is 6.92 Å². The third-order valence-corrected chi connectivity index (χ3v) is 3.11. The molecule has 0 aliphatic carbocycles. The first-order valence-corrected chi connectivity index (χ1v) is 6.90. The number of nitrogens with one attached hydrogen (secondary N) is 1. The summed E-state index contributed by atoms with van der Waals surface area (Å²) in [4.78, 5) is 11.7. The van der Waals surface area contributed by atoms with E-state index in [9.17, 15) is 9.18 Å². The summed E-state index contributed by atoms with van der Waals surface area (Å²) in [5.41, 5.74) is 3.67. The van der Waals surface area contributed by atoms with Gasteiger partial charge in [0.25, 0.3) is 5.91 Å². The molecule has 0 aromatic heterocycles. The molecule has 0 saturated heterocycles. The van der Waals surface area contributed by atoms with Gasteiger partial charge in [0.2, 0.25) is 0 Å². The lowest BCUT2D eigenvalue weighted by molar-refractivity contribution is -0.123. The molecule has 0 aliphatic heterocycles. The van der Waals surface area contributed by atoms with Crippen molar-refractivity contribution in [2.24, 2.45) is 5.10 Å². The Kier molecular flexibility index (Phi) is 5.49. The van der Waals surface area contributed by atoms with Gasteiger partial charge in [0.05, 0.1) is 5.71 Å². The minimum absolute atomic E-state index is 0.261. The van der Waals surface area contributed by atoms with E-state index >= 15 is 0 Å². The molecule has 0 atom stereocenters. The van der Waals surface area contributed by atoms with Crippen molar-refractivity contribution >= 4 is 23.2 Å². The predicted molar refractivity (Wildman–Crippen MR) is 83.7 cm³/mol. The molecule has 6 heteroatoms. The maximum atomic E-state index is 13.0. The fourth-order valence-corrected chi connectivity index (χ4v) is 1.97. The number of hydrazone groups is 1. The van der Waals surface area contributed by atoms with Gasteiger partial charge >= 0.3 is 0 Å². The van der Waals surface area contributed by atoms with Gasteiger partial charge in [-0.1, -0.05) is 35.9 Å². The summed E-state index contributed by atoms with van der Waals surface area (Å²) in [5.74, 6) is -0.594. The van der Waals surface area contributed by atoms with Gasteiger partial charge < -0.3 is 4.74 Å². The number of hydrogen-bond donors (Lipinski definition) is 1. The van der Waals surface area contributed by atoms with Crippen molar-refractivity contribution in [3.8, 4) is 5.75 Å². The van der Waals surface area contributed by atoms with Gasteiger partial charge in [0.1, 0.15) is 11.6 Å². The van der Waals surface area contributed by atoms with Gasteiger partial charge in [-0.15, -0.1) is 0 Å². The van der Waals surface area contributed by atoms with Crippen LogP contribution in [-0.2, 0) is 4.79 Å². The van der Waals surface area contributed by atoms with Gasteiger partial charge in [-0.25, -0.2) is 9.82 Å². The number of rotatable bonds is 5. The zero-order valence-corrected chi connectivity index (χ0v) is 12.6. The summed E-state index contributed by atoms with van der Waals surface area (Å²) >= 11 is 6.04. The molecule has 0 saturated carbocycles. The number of benzene rings is 2. The highest BCUT2D eigenvalue weighted by Gasteiger charge is 2.05. The van der Waals surface area contributed by atoms with Crippen molar-refractivity contribution in [1.29, 1.82) is 0 Å². The zero-order chi connectivity index (χ0) is 15.9. The molecule has 0 spiro atoms. The standard InChI is InChI=1S/C16H14ClFN2O2/c1-11(14-7-2-3-8-15(14)17)19-20-16(21)10-22-13-6-4-5-12(18)9-13/h2-9H,10H2,1H3,(H,20,21)/b19-11-. The molecule has 2 aromatic rings. The summed E-state index contributed by atoms with van der Waals surface area (Å²) in [6.45, 7) is 1.47. The Labute approximate surface area is 132 Å². The van der Waals surface area contributed by atoms with E-state index in [1.165, 1.54) is 18.2 Å². The number of nitrogens with zero attached hydrogens (tertiary/aromatic N) is 1. The van der Waals surface area contributed by atoms with Crippen LogP contribution in [0.4, 0.5) is 4.39 Å². The quantitative estimate of drug-likeness (QED) is 0.678. The summed E-state index contributed by atoms with van der Waals surface area (Å²) in [6, 6.07) is 12.7. The Bertz CT molecular complexity index is 704. The molecule has 22 heavy (non-hydrogen) atoms. The minimum Gasteiger partial charge on any atom is -0.484 e. The number of ether oxygens (including phenoxy) is 1. The molecular weight excluding hydrogens is 307 g/mol. The van der Waals surface area contributed by atoms with Gasteiger partial charge in [0.15, 0.2) is 6.61 Å². The minimum atomic E-state index is -0.448. The lowest BCUT2D eigenvalue weighted by Crippen LogP contribution is -2.25. The molecule has 1 N–H and O–H groups in total. The molecule has 2 aromatic carbocycles. The first kappa shape index (κ1) is 16.0. The highest BCUT2D eigenvalue weighted by molar-refractivity contribution is 6.34. The van der Waals surface area contributed by atoms with Crippen molar-refractivity contribution in [3.63, 3.8) is 0 Å². The second kappa shape index (κ2) is 7.56. The van der Waals surface area contributed by atoms with E-state index < -0.39 is 11.7 Å². The normalized spacial score (nSPS) is 11.1. The molecule has 0 fully saturated rings. The molecule has 4 nitrogen and oxygen atoms in total. The SMILES string of the molecule is C/C(=N/NC(=O)COc1cccc(F)c1)c1ccccc1Cl. The number of carbonyl (C=O) groups is 1. The van der Waals surface area contributed by atoms with Crippen LogP contribution in [0.25, 0.3) is 0 Å². The van der Waals surface area contributed by atoms with Crippen LogP contribution in [-0.4, -0.2) is 18.2 Å². The van der Waals surface area contributed by atoms with Crippen LogP contribution in [0.2, 0.25) is 5.02 Å². The summed E-state index contributed by atoms with van der Waals surface area (Å²) in [6.07, 6.45) is 0. The molecule has 1 amide bonds. The van der Waals surface area contributed by atoms with Crippen molar-refractivity contribution < 1.29 is 13.9 Å². The molecule has 2 rings (SSSR count). The second-order valence-electron chi connectivity index (χ2n) is 4.46. The van der Waals surface area contributed by atoms with Crippen LogP contribution in [0, 0.1) is 5.82 Å². The monoisotopic (exact) mass is 320 g/mol. The van der Waals surface area contributed by atoms with Crippen LogP contribution < -0.4 is 10.2 Å². The Hall–Kier alpha value is -2.40. The summed E-state index contributed by atoms with van der Waals surface area (Å²) in [7, 11) is 0. The number of amides is 1. The second-order valence-corrected chi connectivity index (χ2v) is 4.87. The van der Waals surface area contributed by atoms with E-state index in [4.69, 9.17) is 16.3 Å². The van der Waals surface area contributed by atoms with Gasteiger partial charge in [0, 0.05) is 16.7 Å². The number of hydrogen-bond acceptors (Lipinski definition) is 3. The van der Waals surface area contributed by atoms with Crippen LogP contribution in [0.3, 0.4) is 0 Å². The largest absolute Gasteiger partial charge is 0.484 e. The van der Waals surface area contributed by atoms with Crippen molar-refractivity contribution in [2.75, 3.05) is 6.61 Å². The van der Waals surface area contributed by atoms with Crippen molar-refractivity contribution in [3.05, 3.63) is 64.9 Å². The summed E-state index contributed by atoms with van der Waals surface area (Å²) < 4.78 is 18.1. The van der Waals surface area contributed by atoms with E-state index in [1.807, 2.05) is 12.1 Å². The van der Waals surface area contributed by atoms with Crippen molar-refractivity contribution in [1.82, 2.24) is 5.43 Å². The molecule has 114 valence electrons. The zero-order valence-electron chi connectivity index (χ0n) is 11.8. The van der Waals surface area contributed by atoms with E-state index in [0.29, 0.717) is 10.7 Å². The molecular formula is C16H14ClFN2O2. The topological polar surface area (TPSA) is 50.7 Å². The average Bonchev–Trinajstić information content (AvgIpc) is 2.51. The summed E-state index contributed by atoms with van der Waals surface area (Å²) in [5, 5.41) is 4.51. The molecule has 0 radical (unpaired) electrons. The lowest BCUT2D eigenvalue weighted by atomic mass is 10.1. The van der Waals surface area contributed by atoms with E-state index in [1.54, 1.807) is 25.1 Å².